The summed E-state index contributed by atoms with van der Waals surface area (Å²) in [5, 5.41) is 3.30. The van der Waals surface area contributed by atoms with Gasteiger partial charge in [-0.3, -0.25) is 0 Å². The molecule has 0 saturated carbocycles. The Bertz CT molecular complexity index is 777. The van der Waals surface area contributed by atoms with E-state index in [-0.39, 0.29) is 5.97 Å². The Morgan fingerprint density at radius 3 is 1.41 bits per heavy atom. The van der Waals surface area contributed by atoms with Gasteiger partial charge in [0.2, 0.25) is 0 Å². The predicted molar refractivity (Wildman–Crippen MR) is 117 cm³/mol. The molecule has 3 heteroatoms. The molecule has 0 saturated heterocycles. The number of benzene rings is 3. The van der Waals surface area contributed by atoms with Crippen LogP contribution in [0, 0.1) is 0 Å². The maximum atomic E-state index is 12.6. The van der Waals surface area contributed by atoms with Crippen molar-refractivity contribution in [1.29, 1.82) is 0 Å². The van der Waals surface area contributed by atoms with Crippen molar-refractivity contribution in [2.24, 2.45) is 0 Å². The van der Waals surface area contributed by atoms with Gasteiger partial charge in [-0.1, -0.05) is 0 Å². The van der Waals surface area contributed by atoms with Gasteiger partial charge in [-0.05, 0) is 0 Å². The SMILES string of the molecule is CCCCP(OC(C)=O)(c1ccccc1)(c1ccccc1)c1ccccc1. The quantitative estimate of drug-likeness (QED) is 0.553. The summed E-state index contributed by atoms with van der Waals surface area (Å²) in [6, 6.07) is 31.0. The molecule has 0 aliphatic rings. The second kappa shape index (κ2) is 8.06. The number of rotatable bonds is 7. The van der Waals surface area contributed by atoms with E-state index >= 15 is 0 Å². The molecule has 140 valence electrons. The van der Waals surface area contributed by atoms with Crippen molar-refractivity contribution in [3.8, 4) is 0 Å². The monoisotopic (exact) mass is 378 g/mol. The first-order valence-electron chi connectivity index (χ1n) is 9.52. The molecule has 27 heavy (non-hydrogen) atoms. The number of unbranched alkanes of at least 4 members (excludes halogenated alkanes) is 1. The van der Waals surface area contributed by atoms with Gasteiger partial charge in [-0.25, -0.2) is 0 Å². The molecule has 0 unspecified atom stereocenters. The van der Waals surface area contributed by atoms with Crippen molar-refractivity contribution in [3.63, 3.8) is 0 Å². The summed E-state index contributed by atoms with van der Waals surface area (Å²) in [4.78, 5) is 12.6. The molecule has 0 radical (unpaired) electrons. The zero-order chi connectivity index (χ0) is 19.2. The second-order valence-corrected chi connectivity index (χ2v) is 11.5. The Morgan fingerprint density at radius 1 is 0.741 bits per heavy atom. The summed E-state index contributed by atoms with van der Waals surface area (Å²) in [5.74, 6) is -0.236. The third kappa shape index (κ3) is 3.31. The molecule has 0 bridgehead atoms. The van der Waals surface area contributed by atoms with Crippen molar-refractivity contribution in [2.45, 2.75) is 26.7 Å². The zero-order valence-electron chi connectivity index (χ0n) is 16.0. The van der Waals surface area contributed by atoms with Crippen LogP contribution >= 0.6 is 6.83 Å². The fourth-order valence-corrected chi connectivity index (χ4v) is 9.98. The van der Waals surface area contributed by atoms with Gasteiger partial charge in [0.15, 0.2) is 0 Å². The molecule has 0 amide bonds. The van der Waals surface area contributed by atoms with E-state index in [1.54, 1.807) is 0 Å². The summed E-state index contributed by atoms with van der Waals surface area (Å²) in [6.45, 7) is 0.288. The molecule has 0 aromatic heterocycles. The van der Waals surface area contributed by atoms with Crippen molar-refractivity contribution >= 4 is 28.7 Å². The van der Waals surface area contributed by atoms with Gasteiger partial charge in [0.05, 0.1) is 0 Å². The molecule has 0 aliphatic carbocycles. The van der Waals surface area contributed by atoms with Crippen molar-refractivity contribution < 1.29 is 9.32 Å². The number of hydrogen-bond acceptors (Lipinski definition) is 2. The normalized spacial score (nSPS) is 12.7. The maximum absolute atomic E-state index is 12.6. The van der Waals surface area contributed by atoms with Crippen molar-refractivity contribution in [2.75, 3.05) is 6.16 Å². The van der Waals surface area contributed by atoms with Crippen LogP contribution in [0.5, 0.6) is 0 Å². The Kier molecular flexibility index (Phi) is 5.77. The minimum absolute atomic E-state index is 0.236. The Morgan fingerprint density at radius 2 is 1.11 bits per heavy atom. The van der Waals surface area contributed by atoms with Crippen LogP contribution in [-0.2, 0) is 9.32 Å². The van der Waals surface area contributed by atoms with E-state index < -0.39 is 6.83 Å². The first-order chi connectivity index (χ1) is 13.1. The Labute approximate surface area is 162 Å². The molecule has 0 fully saturated rings. The van der Waals surface area contributed by atoms with Crippen LogP contribution in [0.25, 0.3) is 0 Å². The van der Waals surface area contributed by atoms with Crippen LogP contribution in [0.4, 0.5) is 0 Å². The molecule has 3 rings (SSSR count). The molecule has 0 atom stereocenters. The van der Waals surface area contributed by atoms with Crippen LogP contribution in [0.1, 0.15) is 26.7 Å². The summed E-state index contributed by atoms with van der Waals surface area (Å²) in [7, 11) is 0. The topological polar surface area (TPSA) is 26.3 Å². The summed E-state index contributed by atoms with van der Waals surface area (Å²) < 4.78 is 6.58. The first-order valence-corrected chi connectivity index (χ1v) is 11.9. The van der Waals surface area contributed by atoms with Gasteiger partial charge >= 0.3 is 162 Å². The summed E-state index contributed by atoms with van der Waals surface area (Å²) in [5.41, 5.74) is 0. The molecule has 0 aliphatic heterocycles. The van der Waals surface area contributed by atoms with E-state index in [4.69, 9.17) is 4.52 Å². The Hall–Kier alpha value is -2.44. The molecule has 0 spiro atoms. The molecule has 0 heterocycles. The number of hydrogen-bond donors (Lipinski definition) is 0. The molecule has 3 aromatic rings. The van der Waals surface area contributed by atoms with Gasteiger partial charge in [0.25, 0.3) is 0 Å². The number of carbonyl (C=O) groups excluding carboxylic acids is 1. The fraction of sp³-hybridized carbons (Fsp3) is 0.208. The van der Waals surface area contributed by atoms with E-state index in [1.165, 1.54) is 6.92 Å². The zero-order valence-corrected chi connectivity index (χ0v) is 16.9. The van der Waals surface area contributed by atoms with Gasteiger partial charge < -0.3 is 0 Å². The average molecular weight is 378 g/mol. The third-order valence-corrected chi connectivity index (χ3v) is 11.2. The van der Waals surface area contributed by atoms with E-state index in [0.29, 0.717) is 0 Å². The molecule has 3 aromatic carbocycles. The Balaban J connectivity index is 2.49. The molecule has 0 N–H and O–H groups in total. The average Bonchev–Trinajstić information content (AvgIpc) is 2.73. The predicted octanol–water partition coefficient (Wildman–Crippen LogP) is 4.79. The summed E-state index contributed by atoms with van der Waals surface area (Å²) in [6.07, 6.45) is 2.81. The van der Waals surface area contributed by atoms with Gasteiger partial charge in [-0.2, -0.15) is 0 Å². The van der Waals surface area contributed by atoms with Crippen LogP contribution in [-0.4, -0.2) is 12.1 Å². The van der Waals surface area contributed by atoms with Gasteiger partial charge in [-0.15, -0.1) is 0 Å². The van der Waals surface area contributed by atoms with E-state index in [2.05, 4.69) is 43.3 Å². The molecule has 2 nitrogen and oxygen atoms in total. The van der Waals surface area contributed by atoms with E-state index in [0.717, 1.165) is 34.9 Å². The van der Waals surface area contributed by atoms with Crippen molar-refractivity contribution in [3.05, 3.63) is 91.0 Å². The van der Waals surface area contributed by atoms with Crippen LogP contribution in [0.15, 0.2) is 91.0 Å². The summed E-state index contributed by atoms with van der Waals surface area (Å²) >= 11 is 0. The fourth-order valence-electron chi connectivity index (χ4n) is 4.01. The van der Waals surface area contributed by atoms with Crippen LogP contribution < -0.4 is 15.9 Å². The van der Waals surface area contributed by atoms with Gasteiger partial charge in [0.1, 0.15) is 0 Å². The second-order valence-electron chi connectivity index (χ2n) is 6.88. The minimum atomic E-state index is -3.42. The van der Waals surface area contributed by atoms with E-state index in [1.807, 2.05) is 54.6 Å². The van der Waals surface area contributed by atoms with Crippen LogP contribution in [0.3, 0.4) is 0 Å². The molecular formula is C24H27O2P. The standard InChI is InChI=1S/C24H27O2P/c1-3-4-20-27(26-21(2)25,22-14-8-5-9-15-22,23-16-10-6-11-17-23)24-18-12-7-13-19-24/h5-19H,3-4,20H2,1-2H3. The first kappa shape index (κ1) is 19.3. The van der Waals surface area contributed by atoms with Crippen molar-refractivity contribution in [1.82, 2.24) is 0 Å². The van der Waals surface area contributed by atoms with E-state index in [9.17, 15) is 4.79 Å². The van der Waals surface area contributed by atoms with Crippen LogP contribution in [0.2, 0.25) is 0 Å². The van der Waals surface area contributed by atoms with Gasteiger partial charge in [0, 0.05) is 0 Å². The third-order valence-electron chi connectivity index (χ3n) is 5.18. The number of carbonyl (C=O) groups is 1. The molecular weight excluding hydrogens is 351 g/mol.